The van der Waals surface area contributed by atoms with Gasteiger partial charge in [-0.15, -0.1) is 0 Å². The molecule has 0 aliphatic heterocycles. The van der Waals surface area contributed by atoms with Gasteiger partial charge in [0.25, 0.3) is 0 Å². The molecule has 120 valence electrons. The van der Waals surface area contributed by atoms with Gasteiger partial charge < -0.3 is 10.5 Å². The standard InChI is InChI=1S/C18H30BrNO/c1-3-4-5-6-7-8-9-13-21-18-16(14-15(2)20)11-10-12-17(18)19/h10-12,15H,3-9,13-14,20H2,1-2H3. The fourth-order valence-corrected chi connectivity index (χ4v) is 2.98. The van der Waals surface area contributed by atoms with Gasteiger partial charge in [0, 0.05) is 6.04 Å². The Kier molecular flexibility index (Phi) is 9.77. The monoisotopic (exact) mass is 355 g/mol. The Morgan fingerprint density at radius 1 is 1.10 bits per heavy atom. The summed E-state index contributed by atoms with van der Waals surface area (Å²) in [6.45, 7) is 5.08. The average Bonchev–Trinajstić information content (AvgIpc) is 2.43. The molecule has 1 aromatic rings. The van der Waals surface area contributed by atoms with Crippen LogP contribution in [-0.2, 0) is 6.42 Å². The van der Waals surface area contributed by atoms with Crippen molar-refractivity contribution < 1.29 is 4.74 Å². The van der Waals surface area contributed by atoms with E-state index in [1.54, 1.807) is 0 Å². The number of halogens is 1. The van der Waals surface area contributed by atoms with E-state index >= 15 is 0 Å². The number of hydrogen-bond acceptors (Lipinski definition) is 2. The summed E-state index contributed by atoms with van der Waals surface area (Å²) >= 11 is 3.58. The predicted molar refractivity (Wildman–Crippen MR) is 95.0 cm³/mol. The van der Waals surface area contributed by atoms with Crippen LogP contribution in [0.4, 0.5) is 0 Å². The summed E-state index contributed by atoms with van der Waals surface area (Å²) in [6.07, 6.45) is 9.99. The zero-order valence-corrected chi connectivity index (χ0v) is 15.1. The molecule has 1 rings (SSSR count). The first kappa shape index (κ1) is 18.5. The molecule has 0 bridgehead atoms. The molecule has 0 aromatic heterocycles. The second-order valence-electron chi connectivity index (χ2n) is 5.88. The Morgan fingerprint density at radius 3 is 2.43 bits per heavy atom. The van der Waals surface area contributed by atoms with Gasteiger partial charge in [-0.3, -0.25) is 0 Å². The van der Waals surface area contributed by atoms with Crippen LogP contribution in [0, 0.1) is 0 Å². The van der Waals surface area contributed by atoms with E-state index in [0.717, 1.165) is 29.7 Å². The van der Waals surface area contributed by atoms with E-state index in [1.165, 1.54) is 44.1 Å². The molecular formula is C18H30BrNO. The molecule has 0 aliphatic rings. The van der Waals surface area contributed by atoms with Crippen LogP contribution in [0.5, 0.6) is 5.75 Å². The molecule has 0 fully saturated rings. The van der Waals surface area contributed by atoms with Gasteiger partial charge in [0.2, 0.25) is 0 Å². The fourth-order valence-electron chi connectivity index (χ4n) is 2.46. The zero-order valence-electron chi connectivity index (χ0n) is 13.5. The largest absolute Gasteiger partial charge is 0.492 e. The van der Waals surface area contributed by atoms with E-state index in [4.69, 9.17) is 10.5 Å². The summed E-state index contributed by atoms with van der Waals surface area (Å²) < 4.78 is 7.03. The first-order valence-electron chi connectivity index (χ1n) is 8.31. The van der Waals surface area contributed by atoms with Crippen molar-refractivity contribution in [2.24, 2.45) is 5.73 Å². The van der Waals surface area contributed by atoms with Crippen LogP contribution in [0.1, 0.15) is 64.4 Å². The van der Waals surface area contributed by atoms with Crippen LogP contribution in [0.3, 0.4) is 0 Å². The summed E-state index contributed by atoms with van der Waals surface area (Å²) in [6, 6.07) is 6.33. The van der Waals surface area contributed by atoms with Gasteiger partial charge in [0.15, 0.2) is 0 Å². The van der Waals surface area contributed by atoms with Crippen LogP contribution >= 0.6 is 15.9 Å². The molecule has 1 atom stereocenters. The Labute approximate surface area is 138 Å². The van der Waals surface area contributed by atoms with Crippen LogP contribution in [-0.4, -0.2) is 12.6 Å². The highest BCUT2D eigenvalue weighted by atomic mass is 79.9. The summed E-state index contributed by atoms with van der Waals surface area (Å²) in [7, 11) is 0. The van der Waals surface area contributed by atoms with Crippen LogP contribution in [0.15, 0.2) is 22.7 Å². The highest BCUT2D eigenvalue weighted by molar-refractivity contribution is 9.10. The third-order valence-corrected chi connectivity index (χ3v) is 4.21. The number of hydrogen-bond donors (Lipinski definition) is 1. The lowest BCUT2D eigenvalue weighted by Gasteiger charge is -2.14. The maximum atomic E-state index is 5.99. The fraction of sp³-hybridized carbons (Fsp3) is 0.667. The van der Waals surface area contributed by atoms with E-state index in [-0.39, 0.29) is 6.04 Å². The Balaban J connectivity index is 2.31. The lowest BCUT2D eigenvalue weighted by Crippen LogP contribution is -2.18. The van der Waals surface area contributed by atoms with Crippen molar-refractivity contribution in [3.05, 3.63) is 28.2 Å². The minimum Gasteiger partial charge on any atom is -0.492 e. The normalized spacial score (nSPS) is 12.4. The van der Waals surface area contributed by atoms with Crippen molar-refractivity contribution in [1.29, 1.82) is 0 Å². The van der Waals surface area contributed by atoms with Gasteiger partial charge >= 0.3 is 0 Å². The third-order valence-electron chi connectivity index (χ3n) is 3.58. The molecule has 0 heterocycles. The molecule has 21 heavy (non-hydrogen) atoms. The van der Waals surface area contributed by atoms with E-state index < -0.39 is 0 Å². The number of nitrogens with two attached hydrogens (primary N) is 1. The van der Waals surface area contributed by atoms with Crippen molar-refractivity contribution in [2.75, 3.05) is 6.61 Å². The number of unbranched alkanes of at least 4 members (excludes halogenated alkanes) is 6. The second kappa shape index (κ2) is 11.1. The van der Waals surface area contributed by atoms with Crippen LogP contribution < -0.4 is 10.5 Å². The maximum absolute atomic E-state index is 5.99. The molecule has 0 saturated heterocycles. The summed E-state index contributed by atoms with van der Waals surface area (Å²) in [5.74, 6) is 0.973. The molecule has 1 aromatic carbocycles. The lowest BCUT2D eigenvalue weighted by atomic mass is 10.1. The molecule has 0 radical (unpaired) electrons. The Morgan fingerprint density at radius 2 is 1.76 bits per heavy atom. The van der Waals surface area contributed by atoms with E-state index in [0.29, 0.717) is 0 Å². The smallest absolute Gasteiger partial charge is 0.136 e. The summed E-state index contributed by atoms with van der Waals surface area (Å²) in [4.78, 5) is 0. The topological polar surface area (TPSA) is 35.2 Å². The number of rotatable bonds is 11. The molecule has 0 amide bonds. The molecule has 0 aliphatic carbocycles. The number of benzene rings is 1. The van der Waals surface area contributed by atoms with Crippen molar-refractivity contribution in [2.45, 2.75) is 71.3 Å². The SMILES string of the molecule is CCCCCCCCCOc1c(Br)cccc1CC(C)N. The van der Waals surface area contributed by atoms with Crippen LogP contribution in [0.2, 0.25) is 0 Å². The average molecular weight is 356 g/mol. The zero-order chi connectivity index (χ0) is 15.5. The van der Waals surface area contributed by atoms with Gasteiger partial charge in [-0.1, -0.05) is 57.6 Å². The van der Waals surface area contributed by atoms with Crippen molar-refractivity contribution in [3.8, 4) is 5.75 Å². The van der Waals surface area contributed by atoms with Crippen LogP contribution in [0.25, 0.3) is 0 Å². The first-order chi connectivity index (χ1) is 10.1. The molecule has 2 N–H and O–H groups in total. The highest BCUT2D eigenvalue weighted by Gasteiger charge is 2.09. The van der Waals surface area contributed by atoms with E-state index in [1.807, 2.05) is 19.1 Å². The minimum absolute atomic E-state index is 0.153. The molecule has 2 nitrogen and oxygen atoms in total. The molecule has 1 unspecified atom stereocenters. The number of para-hydroxylation sites is 1. The van der Waals surface area contributed by atoms with Crippen molar-refractivity contribution >= 4 is 15.9 Å². The van der Waals surface area contributed by atoms with Gasteiger partial charge in [0.1, 0.15) is 5.75 Å². The molecular weight excluding hydrogens is 326 g/mol. The highest BCUT2D eigenvalue weighted by Crippen LogP contribution is 2.30. The third kappa shape index (κ3) is 7.87. The molecule has 0 spiro atoms. The minimum atomic E-state index is 0.153. The first-order valence-corrected chi connectivity index (χ1v) is 9.10. The van der Waals surface area contributed by atoms with E-state index in [9.17, 15) is 0 Å². The Bertz CT molecular complexity index is 393. The maximum Gasteiger partial charge on any atom is 0.136 e. The van der Waals surface area contributed by atoms with Crippen molar-refractivity contribution in [3.63, 3.8) is 0 Å². The van der Waals surface area contributed by atoms with Gasteiger partial charge in [-0.2, -0.15) is 0 Å². The molecule has 0 saturated carbocycles. The number of ether oxygens (including phenoxy) is 1. The predicted octanol–water partition coefficient (Wildman–Crippen LogP) is 5.47. The van der Waals surface area contributed by atoms with Gasteiger partial charge in [-0.25, -0.2) is 0 Å². The Hall–Kier alpha value is -0.540. The lowest BCUT2D eigenvalue weighted by molar-refractivity contribution is 0.299. The molecule has 3 heteroatoms. The van der Waals surface area contributed by atoms with E-state index in [2.05, 4.69) is 28.9 Å². The second-order valence-corrected chi connectivity index (χ2v) is 6.73. The van der Waals surface area contributed by atoms with Crippen molar-refractivity contribution in [1.82, 2.24) is 0 Å². The van der Waals surface area contributed by atoms with Gasteiger partial charge in [0.05, 0.1) is 11.1 Å². The summed E-state index contributed by atoms with van der Waals surface area (Å²) in [5, 5.41) is 0. The van der Waals surface area contributed by atoms with Gasteiger partial charge in [-0.05, 0) is 47.3 Å². The quantitative estimate of drug-likeness (QED) is 0.534. The summed E-state index contributed by atoms with van der Waals surface area (Å²) in [5.41, 5.74) is 7.10.